The molecule has 0 saturated carbocycles. The van der Waals surface area contributed by atoms with Crippen molar-refractivity contribution < 1.29 is 19.5 Å². The van der Waals surface area contributed by atoms with E-state index in [9.17, 15) is 19.5 Å². The van der Waals surface area contributed by atoms with Gasteiger partial charge < -0.3 is 15.2 Å². The Morgan fingerprint density at radius 2 is 1.88 bits per heavy atom. The number of carbonyl (C=O) groups excluding carboxylic acids is 3. The number of anilines is 1. The second kappa shape index (κ2) is 6.76. The fourth-order valence-corrected chi connectivity index (χ4v) is 3.25. The number of carboxylic acids is 1. The number of rotatable bonds is 5. The van der Waals surface area contributed by atoms with Crippen LogP contribution in [0.4, 0.5) is 10.5 Å². The fourth-order valence-electron chi connectivity index (χ4n) is 2.35. The van der Waals surface area contributed by atoms with E-state index in [0.717, 1.165) is 22.3 Å². The number of imide groups is 1. The lowest BCUT2D eigenvalue weighted by Gasteiger charge is -2.15. The summed E-state index contributed by atoms with van der Waals surface area (Å²) in [6.45, 7) is 0.0265. The number of carbonyl (C=O) groups is 3. The topological polar surface area (TPSA) is 89.5 Å². The SMILES string of the molecule is O=C([O-])c1cccc(CN2C(=O)S[C@H](Nc3ccccc3)C2=O)c1. The van der Waals surface area contributed by atoms with E-state index in [1.54, 1.807) is 12.1 Å². The molecular formula is C17H13N2O4S-. The zero-order valence-corrected chi connectivity index (χ0v) is 13.3. The van der Waals surface area contributed by atoms with Gasteiger partial charge in [-0.3, -0.25) is 14.5 Å². The highest BCUT2D eigenvalue weighted by atomic mass is 32.2. The van der Waals surface area contributed by atoms with Gasteiger partial charge in [0.25, 0.3) is 11.1 Å². The first-order chi connectivity index (χ1) is 11.5. The number of hydrogen-bond donors (Lipinski definition) is 1. The van der Waals surface area contributed by atoms with E-state index in [1.807, 2.05) is 30.3 Å². The van der Waals surface area contributed by atoms with Crippen LogP contribution < -0.4 is 10.4 Å². The average Bonchev–Trinajstić information content (AvgIpc) is 2.83. The maximum atomic E-state index is 12.4. The highest BCUT2D eigenvalue weighted by Crippen LogP contribution is 2.29. The van der Waals surface area contributed by atoms with Gasteiger partial charge in [-0.2, -0.15) is 0 Å². The molecule has 0 bridgehead atoms. The van der Waals surface area contributed by atoms with E-state index in [4.69, 9.17) is 0 Å². The first kappa shape index (κ1) is 16.1. The smallest absolute Gasteiger partial charge is 0.291 e. The number of nitrogens with one attached hydrogen (secondary N) is 1. The van der Waals surface area contributed by atoms with Crippen molar-refractivity contribution in [2.24, 2.45) is 0 Å². The Kier molecular flexibility index (Phi) is 4.52. The van der Waals surface area contributed by atoms with Crippen molar-refractivity contribution in [3.8, 4) is 0 Å². The average molecular weight is 341 g/mol. The maximum Gasteiger partial charge on any atom is 0.291 e. The molecular weight excluding hydrogens is 328 g/mol. The summed E-state index contributed by atoms with van der Waals surface area (Å²) >= 11 is 0.904. The van der Waals surface area contributed by atoms with Crippen molar-refractivity contribution in [1.29, 1.82) is 0 Å². The summed E-state index contributed by atoms with van der Waals surface area (Å²) in [5.41, 5.74) is 1.31. The Balaban J connectivity index is 1.72. The second-order valence-corrected chi connectivity index (χ2v) is 6.24. The van der Waals surface area contributed by atoms with Crippen LogP contribution in [0.5, 0.6) is 0 Å². The van der Waals surface area contributed by atoms with Gasteiger partial charge in [0.1, 0.15) is 0 Å². The minimum Gasteiger partial charge on any atom is -0.545 e. The summed E-state index contributed by atoms with van der Waals surface area (Å²) < 4.78 is 0. The predicted molar refractivity (Wildman–Crippen MR) is 88.2 cm³/mol. The lowest BCUT2D eigenvalue weighted by Crippen LogP contribution is -2.34. The van der Waals surface area contributed by atoms with Crippen LogP contribution in [-0.4, -0.2) is 27.4 Å². The van der Waals surface area contributed by atoms with Crippen LogP contribution in [0.25, 0.3) is 0 Å². The molecule has 0 aromatic heterocycles. The van der Waals surface area contributed by atoms with Gasteiger partial charge in [-0.1, -0.05) is 36.4 Å². The van der Waals surface area contributed by atoms with Crippen LogP contribution in [0.2, 0.25) is 0 Å². The molecule has 2 aromatic carbocycles. The Morgan fingerprint density at radius 1 is 1.12 bits per heavy atom. The van der Waals surface area contributed by atoms with Crippen molar-refractivity contribution >= 4 is 34.6 Å². The molecule has 3 rings (SSSR count). The van der Waals surface area contributed by atoms with Crippen LogP contribution in [0.1, 0.15) is 15.9 Å². The molecule has 1 aliphatic rings. The first-order valence-corrected chi connectivity index (χ1v) is 8.06. The highest BCUT2D eigenvalue weighted by Gasteiger charge is 2.39. The number of amides is 2. The summed E-state index contributed by atoms with van der Waals surface area (Å²) in [7, 11) is 0. The van der Waals surface area contributed by atoms with Crippen molar-refractivity contribution in [3.63, 3.8) is 0 Å². The molecule has 1 N–H and O–H groups in total. The normalized spacial score (nSPS) is 17.2. The number of carboxylic acid groups (broad SMARTS) is 1. The molecule has 2 aromatic rings. The summed E-state index contributed by atoms with van der Waals surface area (Å²) in [6.07, 6.45) is 0. The van der Waals surface area contributed by atoms with Crippen LogP contribution in [-0.2, 0) is 11.3 Å². The van der Waals surface area contributed by atoms with Crippen molar-refractivity contribution in [2.75, 3.05) is 5.32 Å². The van der Waals surface area contributed by atoms with E-state index < -0.39 is 11.3 Å². The summed E-state index contributed by atoms with van der Waals surface area (Å²) in [6, 6.07) is 15.2. The zero-order valence-electron chi connectivity index (χ0n) is 12.5. The molecule has 24 heavy (non-hydrogen) atoms. The van der Waals surface area contributed by atoms with Gasteiger partial charge in [0.15, 0.2) is 5.37 Å². The molecule has 0 spiro atoms. The summed E-state index contributed by atoms with van der Waals surface area (Å²) in [5.74, 6) is -1.65. The van der Waals surface area contributed by atoms with Crippen LogP contribution in [0.15, 0.2) is 54.6 Å². The van der Waals surface area contributed by atoms with E-state index in [0.29, 0.717) is 5.56 Å². The maximum absolute atomic E-state index is 12.4. The Hall–Kier alpha value is -2.80. The number of para-hydroxylation sites is 1. The quantitative estimate of drug-likeness (QED) is 0.890. The Labute approximate surface area is 142 Å². The molecule has 1 fully saturated rings. The first-order valence-electron chi connectivity index (χ1n) is 7.18. The predicted octanol–water partition coefficient (Wildman–Crippen LogP) is 1.68. The zero-order chi connectivity index (χ0) is 17.1. The summed E-state index contributed by atoms with van der Waals surface area (Å²) in [4.78, 5) is 36.6. The molecule has 122 valence electrons. The lowest BCUT2D eigenvalue weighted by atomic mass is 10.1. The van der Waals surface area contributed by atoms with Gasteiger partial charge in [-0.15, -0.1) is 0 Å². The van der Waals surface area contributed by atoms with Gasteiger partial charge in [0.2, 0.25) is 0 Å². The van der Waals surface area contributed by atoms with Crippen LogP contribution in [0.3, 0.4) is 0 Å². The number of thioether (sulfide) groups is 1. The molecule has 6 nitrogen and oxygen atoms in total. The third-order valence-corrected chi connectivity index (χ3v) is 4.48. The largest absolute Gasteiger partial charge is 0.545 e. The Bertz CT molecular complexity index is 794. The number of aromatic carboxylic acids is 1. The minimum absolute atomic E-state index is 0.0122. The standard InChI is InChI=1S/C17H14N2O4S/c20-15-14(18-13-7-2-1-3-8-13)24-17(23)19(15)10-11-5-4-6-12(9-11)16(21)22/h1-9,14,18H,10H2,(H,21,22)/p-1/t14-/m0/s1. The highest BCUT2D eigenvalue weighted by molar-refractivity contribution is 8.15. The van der Waals surface area contributed by atoms with Gasteiger partial charge in [0.05, 0.1) is 12.5 Å². The van der Waals surface area contributed by atoms with E-state index >= 15 is 0 Å². The molecule has 2 amide bonds. The monoisotopic (exact) mass is 341 g/mol. The van der Waals surface area contributed by atoms with Gasteiger partial charge >= 0.3 is 0 Å². The van der Waals surface area contributed by atoms with Gasteiger partial charge in [0, 0.05) is 5.69 Å². The fraction of sp³-hybridized carbons (Fsp3) is 0.118. The second-order valence-electron chi connectivity index (χ2n) is 5.19. The molecule has 0 aliphatic carbocycles. The third-order valence-electron chi connectivity index (χ3n) is 3.50. The Morgan fingerprint density at radius 3 is 2.58 bits per heavy atom. The van der Waals surface area contributed by atoms with E-state index in [-0.39, 0.29) is 23.3 Å². The van der Waals surface area contributed by atoms with Crippen molar-refractivity contribution in [1.82, 2.24) is 4.90 Å². The third kappa shape index (κ3) is 3.41. The molecule has 0 radical (unpaired) electrons. The van der Waals surface area contributed by atoms with Crippen molar-refractivity contribution in [2.45, 2.75) is 11.9 Å². The van der Waals surface area contributed by atoms with E-state index in [2.05, 4.69) is 5.32 Å². The molecule has 1 aliphatic heterocycles. The molecule has 1 saturated heterocycles. The molecule has 7 heteroatoms. The van der Waals surface area contributed by atoms with E-state index in [1.165, 1.54) is 12.1 Å². The molecule has 1 heterocycles. The van der Waals surface area contributed by atoms with Crippen LogP contribution >= 0.6 is 11.8 Å². The lowest BCUT2D eigenvalue weighted by molar-refractivity contribution is -0.255. The summed E-state index contributed by atoms with van der Waals surface area (Å²) in [5, 5.41) is 12.9. The van der Waals surface area contributed by atoms with Crippen LogP contribution in [0, 0.1) is 0 Å². The number of hydrogen-bond acceptors (Lipinski definition) is 6. The van der Waals surface area contributed by atoms with Gasteiger partial charge in [-0.25, -0.2) is 0 Å². The minimum atomic E-state index is -1.30. The van der Waals surface area contributed by atoms with Gasteiger partial charge in [-0.05, 0) is 41.1 Å². The molecule has 1 atom stereocenters. The number of nitrogens with zero attached hydrogens (tertiary/aromatic N) is 1. The molecule has 0 unspecified atom stereocenters. The number of benzene rings is 2. The van der Waals surface area contributed by atoms with Crippen molar-refractivity contribution in [3.05, 3.63) is 65.7 Å².